The quantitative estimate of drug-likeness (QED) is 0.420. The molecule has 4 aromatic rings. The maximum Gasteiger partial charge on any atom is 0.251 e. The van der Waals surface area contributed by atoms with E-state index in [0.717, 1.165) is 28.0 Å². The Hall–Kier alpha value is -3.62. The number of rotatable bonds is 5. The SMILES string of the molecule is Cn1ccc(C2=NCc3ccc(-c4ccn([C@H](CO)c5cc(F)cc(Br)c5)c(=O)c4)cc32)cc1=O. The van der Waals surface area contributed by atoms with Crippen LogP contribution in [0.2, 0.25) is 0 Å². The van der Waals surface area contributed by atoms with E-state index in [-0.39, 0.29) is 17.7 Å². The molecule has 1 aliphatic rings. The average molecular weight is 534 g/mol. The number of halogens is 2. The highest BCUT2D eigenvalue weighted by Crippen LogP contribution is 2.29. The molecule has 1 N–H and O–H groups in total. The minimum atomic E-state index is -0.719. The summed E-state index contributed by atoms with van der Waals surface area (Å²) in [4.78, 5) is 29.8. The standard InChI is InChI=1S/C27H21BrFN3O3/c1-31-6-4-18(12-25(31)34)27-23-10-16(2-3-19(23)14-30-27)17-5-7-32(26(35)11-17)24(15-33)20-8-21(28)13-22(29)9-20/h2-13,24,33H,14-15H2,1H3/t24-/m1/s1. The Kier molecular flexibility index (Phi) is 6.08. The molecule has 1 atom stereocenters. The molecule has 0 radical (unpaired) electrons. The van der Waals surface area contributed by atoms with E-state index in [9.17, 15) is 19.1 Å². The molecular formula is C27H21BrFN3O3. The summed E-state index contributed by atoms with van der Waals surface area (Å²) in [6, 6.07) is 16.2. The van der Waals surface area contributed by atoms with Crippen LogP contribution in [-0.2, 0) is 13.6 Å². The number of nitrogens with zero attached hydrogens (tertiary/aromatic N) is 3. The van der Waals surface area contributed by atoms with Crippen molar-refractivity contribution in [3.05, 3.63) is 126 Å². The summed E-state index contributed by atoms with van der Waals surface area (Å²) < 4.78 is 17.3. The van der Waals surface area contributed by atoms with Crippen molar-refractivity contribution in [1.82, 2.24) is 9.13 Å². The summed E-state index contributed by atoms with van der Waals surface area (Å²) >= 11 is 3.26. The summed E-state index contributed by atoms with van der Waals surface area (Å²) in [5.41, 5.74) is 5.09. The van der Waals surface area contributed by atoms with Gasteiger partial charge in [0.1, 0.15) is 5.82 Å². The Morgan fingerprint density at radius 2 is 1.71 bits per heavy atom. The third-order valence-corrected chi connectivity index (χ3v) is 6.67. The van der Waals surface area contributed by atoms with Crippen LogP contribution in [0.3, 0.4) is 0 Å². The van der Waals surface area contributed by atoms with Gasteiger partial charge in [-0.25, -0.2) is 4.39 Å². The van der Waals surface area contributed by atoms with E-state index in [1.165, 1.54) is 27.3 Å². The first-order valence-electron chi connectivity index (χ1n) is 11.0. The van der Waals surface area contributed by atoms with Crippen molar-refractivity contribution < 1.29 is 9.50 Å². The summed E-state index contributed by atoms with van der Waals surface area (Å²) in [5, 5.41) is 9.97. The number of aromatic nitrogens is 2. The molecular weight excluding hydrogens is 513 g/mol. The van der Waals surface area contributed by atoms with Gasteiger partial charge in [0.2, 0.25) is 0 Å². The third-order valence-electron chi connectivity index (χ3n) is 6.21. The zero-order valence-corrected chi connectivity index (χ0v) is 20.4. The van der Waals surface area contributed by atoms with Crippen LogP contribution in [0.1, 0.15) is 28.3 Å². The molecule has 2 aromatic carbocycles. The number of hydrogen-bond donors (Lipinski definition) is 1. The normalized spacial score (nSPS) is 13.4. The van der Waals surface area contributed by atoms with Crippen molar-refractivity contribution in [1.29, 1.82) is 0 Å². The first-order chi connectivity index (χ1) is 16.8. The number of aliphatic imine (C=N–C) groups is 1. The molecule has 0 fully saturated rings. The van der Waals surface area contributed by atoms with Crippen LogP contribution in [0.4, 0.5) is 4.39 Å². The summed E-state index contributed by atoms with van der Waals surface area (Å²) in [7, 11) is 1.70. The lowest BCUT2D eigenvalue weighted by Crippen LogP contribution is -2.27. The van der Waals surface area contributed by atoms with Crippen molar-refractivity contribution >= 4 is 21.6 Å². The Balaban J connectivity index is 1.51. The topological polar surface area (TPSA) is 76.6 Å². The number of aryl methyl sites for hydroxylation is 1. The van der Waals surface area contributed by atoms with Gasteiger partial charge >= 0.3 is 0 Å². The molecule has 176 valence electrons. The molecule has 35 heavy (non-hydrogen) atoms. The highest BCUT2D eigenvalue weighted by molar-refractivity contribution is 9.10. The van der Waals surface area contributed by atoms with Crippen LogP contribution in [0, 0.1) is 5.82 Å². The molecule has 0 unspecified atom stereocenters. The predicted octanol–water partition coefficient (Wildman–Crippen LogP) is 4.05. The van der Waals surface area contributed by atoms with Crippen molar-refractivity contribution in [2.75, 3.05) is 6.61 Å². The fourth-order valence-electron chi connectivity index (χ4n) is 4.35. The van der Waals surface area contributed by atoms with Crippen LogP contribution in [0.5, 0.6) is 0 Å². The lowest BCUT2D eigenvalue weighted by molar-refractivity contribution is 0.246. The molecule has 0 saturated carbocycles. The second-order valence-electron chi connectivity index (χ2n) is 8.46. The van der Waals surface area contributed by atoms with Crippen LogP contribution < -0.4 is 11.1 Å². The van der Waals surface area contributed by atoms with Gasteiger partial charge < -0.3 is 14.2 Å². The van der Waals surface area contributed by atoms with Crippen molar-refractivity contribution in [3.8, 4) is 11.1 Å². The van der Waals surface area contributed by atoms with E-state index in [0.29, 0.717) is 22.1 Å². The number of benzene rings is 2. The zero-order chi connectivity index (χ0) is 24.7. The summed E-state index contributed by atoms with van der Waals surface area (Å²) in [6.45, 7) is 0.174. The Morgan fingerprint density at radius 3 is 2.43 bits per heavy atom. The van der Waals surface area contributed by atoms with Gasteiger partial charge in [0.15, 0.2) is 0 Å². The maximum atomic E-state index is 13.9. The molecule has 0 saturated heterocycles. The Bertz CT molecular complexity index is 1590. The van der Waals surface area contributed by atoms with E-state index in [4.69, 9.17) is 0 Å². The predicted molar refractivity (Wildman–Crippen MR) is 136 cm³/mol. The highest BCUT2D eigenvalue weighted by atomic mass is 79.9. The van der Waals surface area contributed by atoms with Gasteiger partial charge in [0, 0.05) is 47.2 Å². The molecule has 3 heterocycles. The van der Waals surface area contributed by atoms with Gasteiger partial charge in [0.05, 0.1) is 24.9 Å². The van der Waals surface area contributed by atoms with Crippen LogP contribution in [0.25, 0.3) is 11.1 Å². The first kappa shape index (κ1) is 23.1. The molecule has 6 nitrogen and oxygen atoms in total. The van der Waals surface area contributed by atoms with Crippen molar-refractivity contribution in [2.24, 2.45) is 12.0 Å². The molecule has 1 aliphatic heterocycles. The van der Waals surface area contributed by atoms with E-state index < -0.39 is 11.9 Å². The maximum absolute atomic E-state index is 13.9. The lowest BCUT2D eigenvalue weighted by Gasteiger charge is -2.19. The third kappa shape index (κ3) is 4.42. The minimum absolute atomic E-state index is 0.109. The zero-order valence-electron chi connectivity index (χ0n) is 18.8. The lowest BCUT2D eigenvalue weighted by atomic mass is 9.96. The van der Waals surface area contributed by atoms with Crippen LogP contribution in [0.15, 0.2) is 92.1 Å². The summed E-state index contributed by atoms with van der Waals surface area (Å²) in [6.07, 6.45) is 3.33. The highest BCUT2D eigenvalue weighted by Gasteiger charge is 2.20. The molecule has 0 spiro atoms. The van der Waals surface area contributed by atoms with Crippen molar-refractivity contribution in [3.63, 3.8) is 0 Å². The van der Waals surface area contributed by atoms with Gasteiger partial charge in [-0.2, -0.15) is 0 Å². The number of pyridine rings is 2. The Morgan fingerprint density at radius 1 is 0.971 bits per heavy atom. The minimum Gasteiger partial charge on any atom is -0.394 e. The summed E-state index contributed by atoms with van der Waals surface area (Å²) in [5.74, 6) is -0.454. The molecule has 8 heteroatoms. The molecule has 0 bridgehead atoms. The van der Waals surface area contributed by atoms with Gasteiger partial charge in [-0.3, -0.25) is 14.6 Å². The van der Waals surface area contributed by atoms with Crippen molar-refractivity contribution in [2.45, 2.75) is 12.6 Å². The first-order valence-corrected chi connectivity index (χ1v) is 11.8. The Labute approximate surface area is 208 Å². The van der Waals surface area contributed by atoms with Crippen LogP contribution in [-0.4, -0.2) is 26.6 Å². The van der Waals surface area contributed by atoms with E-state index in [1.807, 2.05) is 24.3 Å². The van der Waals surface area contributed by atoms with Crippen LogP contribution >= 0.6 is 15.9 Å². The fraction of sp³-hybridized carbons (Fsp3) is 0.148. The number of aliphatic hydroxyl groups is 1. The van der Waals surface area contributed by atoms with E-state index >= 15 is 0 Å². The van der Waals surface area contributed by atoms with Gasteiger partial charge in [-0.05, 0) is 58.7 Å². The largest absolute Gasteiger partial charge is 0.394 e. The van der Waals surface area contributed by atoms with Gasteiger partial charge in [0.25, 0.3) is 11.1 Å². The molecule has 0 amide bonds. The second-order valence-corrected chi connectivity index (χ2v) is 9.38. The number of fused-ring (bicyclic) bond motifs is 1. The average Bonchev–Trinajstić information content (AvgIpc) is 3.25. The smallest absolute Gasteiger partial charge is 0.251 e. The monoisotopic (exact) mass is 533 g/mol. The molecule has 0 aliphatic carbocycles. The fourth-order valence-corrected chi connectivity index (χ4v) is 4.84. The number of hydrogen-bond acceptors (Lipinski definition) is 4. The van der Waals surface area contributed by atoms with E-state index in [1.54, 1.807) is 37.6 Å². The van der Waals surface area contributed by atoms with E-state index in [2.05, 4.69) is 20.9 Å². The number of aliphatic hydroxyl groups excluding tert-OH is 1. The molecule has 2 aromatic heterocycles. The van der Waals surface area contributed by atoms with Gasteiger partial charge in [-0.1, -0.05) is 28.1 Å². The van der Waals surface area contributed by atoms with Gasteiger partial charge in [-0.15, -0.1) is 0 Å². The molecule has 5 rings (SSSR count). The second kappa shape index (κ2) is 9.20.